The highest BCUT2D eigenvalue weighted by Crippen LogP contribution is 2.43. The van der Waals surface area contributed by atoms with Crippen molar-refractivity contribution in [1.82, 2.24) is 4.40 Å². The van der Waals surface area contributed by atoms with Crippen LogP contribution in [0, 0.1) is 6.92 Å². The Hall–Kier alpha value is -3.08. The first-order valence-electron chi connectivity index (χ1n) is 8.19. The maximum Gasteiger partial charge on any atom is 0.341 e. The van der Waals surface area contributed by atoms with Gasteiger partial charge in [-0.2, -0.15) is 0 Å². The number of hydrogen-bond donors (Lipinski definition) is 2. The summed E-state index contributed by atoms with van der Waals surface area (Å²) < 4.78 is 1.44. The SMILES string of the molecule is Cc1c(-c2cccc(O)c2)ccn2c(=O)c(C(=O)O)cc(C3CC3)c12. The second-order valence-corrected chi connectivity index (χ2v) is 6.52. The Balaban J connectivity index is 2.07. The van der Waals surface area contributed by atoms with Gasteiger partial charge >= 0.3 is 5.97 Å². The van der Waals surface area contributed by atoms with E-state index in [1.54, 1.807) is 30.5 Å². The zero-order valence-electron chi connectivity index (χ0n) is 13.7. The van der Waals surface area contributed by atoms with Crippen LogP contribution in [0.5, 0.6) is 5.75 Å². The number of aromatic carboxylic acids is 1. The van der Waals surface area contributed by atoms with Crippen LogP contribution in [0.15, 0.2) is 47.4 Å². The van der Waals surface area contributed by atoms with Crippen LogP contribution >= 0.6 is 0 Å². The van der Waals surface area contributed by atoms with E-state index in [-0.39, 0.29) is 11.3 Å². The van der Waals surface area contributed by atoms with Gasteiger partial charge in [0.2, 0.25) is 0 Å². The predicted octanol–water partition coefficient (Wildman–Crippen LogP) is 3.56. The topological polar surface area (TPSA) is 79.0 Å². The molecule has 0 unspecified atom stereocenters. The van der Waals surface area contributed by atoms with Gasteiger partial charge in [-0.1, -0.05) is 12.1 Å². The molecule has 1 fully saturated rings. The van der Waals surface area contributed by atoms with Crippen molar-refractivity contribution in [1.29, 1.82) is 0 Å². The standard InChI is InChI=1S/C20H17NO4/c1-11-15(13-3-2-4-14(22)9-13)7-8-21-18(11)16(12-5-6-12)10-17(19(21)23)20(24)25/h2-4,7-10,12,22H,5-6H2,1H3,(H,24,25). The minimum absolute atomic E-state index is 0.179. The maximum absolute atomic E-state index is 12.6. The van der Waals surface area contributed by atoms with E-state index in [9.17, 15) is 19.8 Å². The first-order valence-corrected chi connectivity index (χ1v) is 8.19. The summed E-state index contributed by atoms with van der Waals surface area (Å²) in [6.07, 6.45) is 3.63. The number of nitrogens with zero attached hydrogens (tertiary/aromatic N) is 1. The lowest BCUT2D eigenvalue weighted by atomic mass is 9.96. The summed E-state index contributed by atoms with van der Waals surface area (Å²) in [7, 11) is 0. The number of benzene rings is 1. The van der Waals surface area contributed by atoms with Gasteiger partial charge in [0, 0.05) is 6.20 Å². The lowest BCUT2D eigenvalue weighted by Gasteiger charge is -2.15. The molecule has 126 valence electrons. The Morgan fingerprint density at radius 2 is 1.96 bits per heavy atom. The van der Waals surface area contributed by atoms with Crippen molar-refractivity contribution in [3.8, 4) is 16.9 Å². The number of rotatable bonds is 3. The quantitative estimate of drug-likeness (QED) is 0.767. The molecule has 0 spiro atoms. The number of phenols is 1. The summed E-state index contributed by atoms with van der Waals surface area (Å²) in [6, 6.07) is 10.3. The molecular weight excluding hydrogens is 318 g/mol. The van der Waals surface area contributed by atoms with E-state index >= 15 is 0 Å². The fourth-order valence-corrected chi connectivity index (χ4v) is 3.44. The Kier molecular flexibility index (Phi) is 3.39. The van der Waals surface area contributed by atoms with Crippen LogP contribution in [0.25, 0.3) is 16.6 Å². The zero-order valence-corrected chi connectivity index (χ0v) is 13.7. The average molecular weight is 335 g/mol. The first kappa shape index (κ1) is 15.4. The Morgan fingerprint density at radius 1 is 1.20 bits per heavy atom. The number of carboxylic acids is 1. The molecule has 0 bridgehead atoms. The molecule has 1 saturated carbocycles. The van der Waals surface area contributed by atoms with Gasteiger partial charge < -0.3 is 10.2 Å². The van der Waals surface area contributed by atoms with Crippen LogP contribution in [0.2, 0.25) is 0 Å². The average Bonchev–Trinajstić information content (AvgIpc) is 3.40. The Bertz CT molecular complexity index is 1080. The van der Waals surface area contributed by atoms with Gasteiger partial charge in [0.1, 0.15) is 11.3 Å². The summed E-state index contributed by atoms with van der Waals surface area (Å²) >= 11 is 0. The van der Waals surface area contributed by atoms with Gasteiger partial charge in [-0.05, 0) is 72.2 Å². The summed E-state index contributed by atoms with van der Waals surface area (Å²) in [5.74, 6) is -0.722. The van der Waals surface area contributed by atoms with E-state index in [2.05, 4.69) is 0 Å². The maximum atomic E-state index is 12.6. The summed E-state index contributed by atoms with van der Waals surface area (Å²) in [6.45, 7) is 1.93. The highest BCUT2D eigenvalue weighted by Gasteiger charge is 2.29. The normalized spacial score (nSPS) is 14.0. The molecule has 3 aromatic rings. The van der Waals surface area contributed by atoms with Crippen molar-refractivity contribution < 1.29 is 15.0 Å². The molecular formula is C20H17NO4. The van der Waals surface area contributed by atoms with Crippen LogP contribution in [0.4, 0.5) is 0 Å². The van der Waals surface area contributed by atoms with Crippen LogP contribution in [0.1, 0.15) is 40.2 Å². The van der Waals surface area contributed by atoms with Gasteiger partial charge in [0.25, 0.3) is 5.56 Å². The van der Waals surface area contributed by atoms with Crippen LogP contribution in [-0.4, -0.2) is 20.6 Å². The monoisotopic (exact) mass is 335 g/mol. The van der Waals surface area contributed by atoms with Crippen molar-refractivity contribution >= 4 is 11.5 Å². The zero-order chi connectivity index (χ0) is 17.7. The van der Waals surface area contributed by atoms with Gasteiger partial charge in [0.05, 0.1) is 5.52 Å². The number of hydrogen-bond acceptors (Lipinski definition) is 3. The van der Waals surface area contributed by atoms with Gasteiger partial charge in [-0.25, -0.2) is 4.79 Å². The second-order valence-electron chi connectivity index (χ2n) is 6.52. The van der Waals surface area contributed by atoms with Crippen molar-refractivity contribution in [3.05, 3.63) is 69.6 Å². The van der Waals surface area contributed by atoms with Gasteiger partial charge in [-0.3, -0.25) is 9.20 Å². The van der Waals surface area contributed by atoms with E-state index in [1.165, 1.54) is 10.5 Å². The summed E-state index contributed by atoms with van der Waals surface area (Å²) in [5.41, 5.74) is 3.66. The minimum atomic E-state index is -1.20. The summed E-state index contributed by atoms with van der Waals surface area (Å²) in [5, 5.41) is 19.1. The number of aromatic hydroxyl groups is 1. The van der Waals surface area contributed by atoms with Crippen LogP contribution in [-0.2, 0) is 0 Å². The molecule has 0 radical (unpaired) electrons. The van der Waals surface area contributed by atoms with Crippen molar-refractivity contribution in [2.24, 2.45) is 0 Å². The van der Waals surface area contributed by atoms with Gasteiger partial charge in [0.15, 0.2) is 0 Å². The first-order chi connectivity index (χ1) is 12.0. The van der Waals surface area contributed by atoms with E-state index in [0.717, 1.165) is 40.6 Å². The van der Waals surface area contributed by atoms with E-state index < -0.39 is 11.5 Å². The summed E-state index contributed by atoms with van der Waals surface area (Å²) in [4.78, 5) is 24.0. The van der Waals surface area contributed by atoms with E-state index in [0.29, 0.717) is 5.92 Å². The molecule has 1 aliphatic rings. The number of phenolic OH excluding ortho intramolecular Hbond substituents is 1. The number of carbonyl (C=O) groups is 1. The minimum Gasteiger partial charge on any atom is -0.508 e. The molecule has 1 aliphatic carbocycles. The molecule has 4 rings (SSSR count). The molecule has 25 heavy (non-hydrogen) atoms. The van der Waals surface area contributed by atoms with E-state index in [1.807, 2.05) is 13.0 Å². The Labute approximate surface area is 143 Å². The highest BCUT2D eigenvalue weighted by molar-refractivity contribution is 5.89. The third kappa shape index (κ3) is 2.48. The third-order valence-electron chi connectivity index (χ3n) is 4.82. The molecule has 2 N–H and O–H groups in total. The van der Waals surface area contributed by atoms with Crippen molar-refractivity contribution in [3.63, 3.8) is 0 Å². The molecule has 1 aromatic carbocycles. The molecule has 2 heterocycles. The molecule has 0 amide bonds. The Morgan fingerprint density at radius 3 is 2.60 bits per heavy atom. The lowest BCUT2D eigenvalue weighted by molar-refractivity contribution is 0.0694. The van der Waals surface area contributed by atoms with Gasteiger partial charge in [-0.15, -0.1) is 0 Å². The number of fused-ring (bicyclic) bond motifs is 1. The fourth-order valence-electron chi connectivity index (χ4n) is 3.44. The fraction of sp³-hybridized carbons (Fsp3) is 0.200. The smallest absolute Gasteiger partial charge is 0.341 e. The molecule has 0 aliphatic heterocycles. The van der Waals surface area contributed by atoms with Crippen LogP contribution < -0.4 is 5.56 Å². The number of aromatic nitrogens is 1. The second kappa shape index (κ2) is 5.48. The number of aryl methyl sites for hydroxylation is 1. The predicted molar refractivity (Wildman–Crippen MR) is 94.4 cm³/mol. The third-order valence-corrected chi connectivity index (χ3v) is 4.82. The number of pyridine rings is 2. The molecule has 0 atom stereocenters. The molecule has 2 aromatic heterocycles. The molecule has 0 saturated heterocycles. The molecule has 5 heteroatoms. The van der Waals surface area contributed by atoms with Crippen molar-refractivity contribution in [2.75, 3.05) is 0 Å². The number of carboxylic acid groups (broad SMARTS) is 1. The van der Waals surface area contributed by atoms with Crippen LogP contribution in [0.3, 0.4) is 0 Å². The molecule has 5 nitrogen and oxygen atoms in total. The lowest BCUT2D eigenvalue weighted by Crippen LogP contribution is -2.23. The largest absolute Gasteiger partial charge is 0.508 e. The van der Waals surface area contributed by atoms with E-state index in [4.69, 9.17) is 0 Å². The van der Waals surface area contributed by atoms with Crippen molar-refractivity contribution in [2.45, 2.75) is 25.7 Å². The highest BCUT2D eigenvalue weighted by atomic mass is 16.4.